The molecule has 3 atom stereocenters. The van der Waals surface area contributed by atoms with Crippen LogP contribution in [0.15, 0.2) is 84.7 Å². The molecular weight excluding hydrogens is 410 g/mol. The Morgan fingerprint density at radius 3 is 1.76 bits per heavy atom. The maximum atomic E-state index is 12.4. The number of hydrogen-bond acceptors (Lipinski definition) is 4. The first-order valence-electron chi connectivity index (χ1n) is 11.5. The van der Waals surface area contributed by atoms with E-state index in [-0.39, 0.29) is 35.7 Å². The molecular formula is C28H35N3O2. The van der Waals surface area contributed by atoms with Gasteiger partial charge in [-0.15, -0.1) is 0 Å². The quantitative estimate of drug-likeness (QED) is 0.597. The van der Waals surface area contributed by atoms with E-state index in [1.807, 2.05) is 12.4 Å². The van der Waals surface area contributed by atoms with Crippen LogP contribution in [0.1, 0.15) is 44.0 Å². The smallest absolute Gasteiger partial charge is 0.417 e. The Bertz CT molecular complexity index is 975. The highest BCUT2D eigenvalue weighted by Gasteiger charge is 2.48. The summed E-state index contributed by atoms with van der Waals surface area (Å²) in [4.78, 5) is 18.9. The van der Waals surface area contributed by atoms with Crippen LogP contribution in [-0.4, -0.2) is 48.2 Å². The van der Waals surface area contributed by atoms with Crippen LogP contribution in [0.3, 0.4) is 0 Å². The van der Waals surface area contributed by atoms with Gasteiger partial charge >= 0.3 is 6.09 Å². The average Bonchev–Trinajstić information content (AvgIpc) is 3.08. The molecule has 5 heteroatoms. The standard InChI is InChI=1S/C28H35N3O2/c1-28(2,3)23-17-18-31(27(32)33-6)19-22(23)26-29(4)24(20-13-9-7-10-14-20)25(30(26)5)21-15-11-8-12-16-21/h7-19,23-26H,1-6H3/t23-,24+,25+/m1/s1. The Kier molecular flexibility index (Phi) is 6.46. The van der Waals surface area contributed by atoms with E-state index in [9.17, 15) is 4.79 Å². The summed E-state index contributed by atoms with van der Waals surface area (Å²) in [7, 11) is 5.82. The van der Waals surface area contributed by atoms with Crippen LogP contribution in [0.2, 0.25) is 0 Å². The maximum Gasteiger partial charge on any atom is 0.417 e. The number of carbonyl (C=O) groups excluding carboxylic acids is 1. The number of allylic oxidation sites excluding steroid dienone is 1. The Labute approximate surface area is 197 Å². The highest BCUT2D eigenvalue weighted by Crippen LogP contribution is 2.50. The van der Waals surface area contributed by atoms with Gasteiger partial charge < -0.3 is 4.74 Å². The van der Waals surface area contributed by atoms with Crippen molar-refractivity contribution in [2.75, 3.05) is 21.2 Å². The molecule has 0 bridgehead atoms. The van der Waals surface area contributed by atoms with Gasteiger partial charge in [-0.25, -0.2) is 4.79 Å². The average molecular weight is 446 g/mol. The van der Waals surface area contributed by atoms with E-state index in [0.717, 1.165) is 0 Å². The molecule has 0 radical (unpaired) electrons. The van der Waals surface area contributed by atoms with Crippen molar-refractivity contribution < 1.29 is 9.53 Å². The van der Waals surface area contributed by atoms with Crippen molar-refractivity contribution in [3.8, 4) is 0 Å². The Morgan fingerprint density at radius 1 is 0.848 bits per heavy atom. The molecule has 2 aliphatic heterocycles. The first-order valence-corrected chi connectivity index (χ1v) is 11.5. The van der Waals surface area contributed by atoms with Crippen molar-refractivity contribution in [2.45, 2.75) is 39.0 Å². The molecule has 2 heterocycles. The van der Waals surface area contributed by atoms with Crippen LogP contribution in [0.4, 0.5) is 4.79 Å². The second-order valence-corrected chi connectivity index (χ2v) is 10.1. The lowest BCUT2D eigenvalue weighted by Gasteiger charge is -2.40. The van der Waals surface area contributed by atoms with E-state index in [1.165, 1.54) is 23.8 Å². The normalized spacial score (nSPS) is 24.7. The maximum absolute atomic E-state index is 12.4. The lowest BCUT2D eigenvalue weighted by molar-refractivity contribution is 0.142. The predicted molar refractivity (Wildman–Crippen MR) is 132 cm³/mol. The van der Waals surface area contributed by atoms with Crippen LogP contribution in [0.25, 0.3) is 0 Å². The van der Waals surface area contributed by atoms with Crippen LogP contribution in [-0.2, 0) is 4.74 Å². The Hall–Kier alpha value is -2.89. The van der Waals surface area contributed by atoms with Crippen LogP contribution in [0, 0.1) is 11.3 Å². The summed E-state index contributed by atoms with van der Waals surface area (Å²) in [6.45, 7) is 6.76. The summed E-state index contributed by atoms with van der Waals surface area (Å²) in [5, 5.41) is 0. The Morgan fingerprint density at radius 2 is 1.33 bits per heavy atom. The lowest BCUT2D eigenvalue weighted by atomic mass is 9.74. The summed E-state index contributed by atoms with van der Waals surface area (Å²) < 4.78 is 5.02. The molecule has 5 nitrogen and oxygen atoms in total. The number of carbonyl (C=O) groups is 1. The molecule has 0 saturated carbocycles. The number of likely N-dealkylation sites (N-methyl/N-ethyl adjacent to an activating group) is 2. The van der Waals surface area contributed by atoms with E-state index in [2.05, 4.69) is 111 Å². The minimum Gasteiger partial charge on any atom is -0.452 e. The van der Waals surface area contributed by atoms with Crippen LogP contribution >= 0.6 is 0 Å². The molecule has 2 aliphatic rings. The van der Waals surface area contributed by atoms with Crippen molar-refractivity contribution in [3.63, 3.8) is 0 Å². The van der Waals surface area contributed by atoms with Gasteiger partial charge in [-0.3, -0.25) is 14.7 Å². The minimum absolute atomic E-state index is 0.000695. The molecule has 0 aromatic heterocycles. The summed E-state index contributed by atoms with van der Waals surface area (Å²) in [6.07, 6.45) is 5.60. The number of methoxy groups -OCH3 is 1. The van der Waals surface area contributed by atoms with Crippen molar-refractivity contribution >= 4 is 6.09 Å². The van der Waals surface area contributed by atoms with Gasteiger partial charge in [0.05, 0.1) is 25.4 Å². The summed E-state index contributed by atoms with van der Waals surface area (Å²) in [6, 6.07) is 21.8. The fourth-order valence-electron chi connectivity index (χ4n) is 5.45. The predicted octanol–water partition coefficient (Wildman–Crippen LogP) is 5.81. The van der Waals surface area contributed by atoms with Crippen LogP contribution < -0.4 is 0 Å². The first kappa shape index (κ1) is 23.3. The van der Waals surface area contributed by atoms with Crippen molar-refractivity contribution in [1.29, 1.82) is 0 Å². The molecule has 33 heavy (non-hydrogen) atoms. The third-order valence-electron chi connectivity index (χ3n) is 6.93. The second kappa shape index (κ2) is 9.16. The molecule has 174 valence electrons. The minimum atomic E-state index is -0.376. The zero-order valence-electron chi connectivity index (χ0n) is 20.5. The third-order valence-corrected chi connectivity index (χ3v) is 6.93. The fraction of sp³-hybridized carbons (Fsp3) is 0.393. The number of amides is 1. The van der Waals surface area contributed by atoms with E-state index < -0.39 is 0 Å². The molecule has 1 saturated heterocycles. The number of benzene rings is 2. The molecule has 0 spiro atoms. The fourth-order valence-corrected chi connectivity index (χ4v) is 5.45. The summed E-state index contributed by atoms with van der Waals surface area (Å²) in [5.74, 6) is 0.180. The second-order valence-electron chi connectivity index (χ2n) is 10.1. The Balaban J connectivity index is 1.83. The zero-order valence-corrected chi connectivity index (χ0v) is 20.5. The number of ether oxygens (including phenoxy) is 1. The molecule has 4 rings (SSSR count). The first-order chi connectivity index (χ1) is 15.7. The van der Waals surface area contributed by atoms with Gasteiger partial charge in [0.1, 0.15) is 0 Å². The SMILES string of the molecule is COC(=O)N1C=C[C@@H](C(C)(C)C)C(C2N(C)[C@@H](c3ccccc3)[C@H](c3ccccc3)N2C)=C1. The third kappa shape index (κ3) is 4.35. The van der Waals surface area contributed by atoms with Crippen molar-refractivity contribution in [3.05, 3.63) is 95.8 Å². The molecule has 1 amide bonds. The van der Waals surface area contributed by atoms with Gasteiger partial charge in [0.25, 0.3) is 0 Å². The molecule has 0 aliphatic carbocycles. The van der Waals surface area contributed by atoms with E-state index >= 15 is 0 Å². The monoisotopic (exact) mass is 445 g/mol. The van der Waals surface area contributed by atoms with Gasteiger partial charge in [0, 0.05) is 18.3 Å². The van der Waals surface area contributed by atoms with Gasteiger partial charge in [0.2, 0.25) is 0 Å². The van der Waals surface area contributed by atoms with Crippen molar-refractivity contribution in [1.82, 2.24) is 14.7 Å². The molecule has 2 aromatic rings. The molecule has 1 fully saturated rings. The van der Waals surface area contributed by atoms with E-state index in [0.29, 0.717) is 0 Å². The van der Waals surface area contributed by atoms with E-state index in [1.54, 1.807) is 4.90 Å². The summed E-state index contributed by atoms with van der Waals surface area (Å²) in [5.41, 5.74) is 3.76. The number of nitrogens with zero attached hydrogens (tertiary/aromatic N) is 3. The van der Waals surface area contributed by atoms with E-state index in [4.69, 9.17) is 4.74 Å². The highest BCUT2D eigenvalue weighted by molar-refractivity contribution is 5.70. The number of hydrogen-bond donors (Lipinski definition) is 0. The molecule has 0 N–H and O–H groups in total. The van der Waals surface area contributed by atoms with Gasteiger partial charge in [-0.05, 0) is 36.2 Å². The van der Waals surface area contributed by atoms with Crippen LogP contribution in [0.5, 0.6) is 0 Å². The lowest BCUT2D eigenvalue weighted by Crippen LogP contribution is -2.43. The zero-order chi connectivity index (χ0) is 23.8. The number of rotatable bonds is 3. The largest absolute Gasteiger partial charge is 0.452 e. The highest BCUT2D eigenvalue weighted by atomic mass is 16.5. The molecule has 0 unspecified atom stereocenters. The van der Waals surface area contributed by atoms with Crippen molar-refractivity contribution in [2.24, 2.45) is 11.3 Å². The molecule has 2 aromatic carbocycles. The van der Waals surface area contributed by atoms with Gasteiger partial charge in [0.15, 0.2) is 0 Å². The van der Waals surface area contributed by atoms with Gasteiger partial charge in [-0.2, -0.15) is 0 Å². The topological polar surface area (TPSA) is 36.0 Å². The van der Waals surface area contributed by atoms with Gasteiger partial charge in [-0.1, -0.05) is 87.5 Å². The summed E-state index contributed by atoms with van der Waals surface area (Å²) >= 11 is 0.